The fourth-order valence-corrected chi connectivity index (χ4v) is 4.99. The lowest BCUT2D eigenvalue weighted by molar-refractivity contribution is -0.376. The molecule has 1 aliphatic rings. The molecule has 0 saturated carbocycles. The number of carbonyl (C=O) groups is 2. The smallest absolute Gasteiger partial charge is 0.430 e. The number of halogens is 6. The first kappa shape index (κ1) is 30.9. The highest BCUT2D eigenvalue weighted by molar-refractivity contribution is 5.98. The second-order valence-electron chi connectivity index (χ2n) is 10.1. The van der Waals surface area contributed by atoms with Crippen molar-refractivity contribution in [2.24, 2.45) is 0 Å². The monoisotopic (exact) mass is 595 g/mol. The quantitative estimate of drug-likeness (QED) is 0.320. The summed E-state index contributed by atoms with van der Waals surface area (Å²) in [4.78, 5) is 26.2. The third-order valence-corrected chi connectivity index (χ3v) is 7.22. The molecule has 0 aromatic heterocycles. The van der Waals surface area contributed by atoms with Crippen molar-refractivity contribution in [3.63, 3.8) is 0 Å². The Hall–Kier alpha value is -4.06. The molecule has 0 bridgehead atoms. The van der Waals surface area contributed by atoms with Crippen molar-refractivity contribution in [3.05, 3.63) is 95.1 Å². The minimum Gasteiger partial charge on any atom is -0.489 e. The molecule has 6 nitrogen and oxygen atoms in total. The summed E-state index contributed by atoms with van der Waals surface area (Å²) < 4.78 is 87.8. The van der Waals surface area contributed by atoms with E-state index in [9.17, 15) is 41.0 Å². The Morgan fingerprint density at radius 1 is 0.952 bits per heavy atom. The van der Waals surface area contributed by atoms with Gasteiger partial charge in [-0.05, 0) is 54.7 Å². The number of nitrogens with zero attached hydrogens (tertiary/aromatic N) is 1. The summed E-state index contributed by atoms with van der Waals surface area (Å²) in [5.41, 5.74) is -5.33. The van der Waals surface area contributed by atoms with E-state index >= 15 is 0 Å². The van der Waals surface area contributed by atoms with Crippen molar-refractivity contribution < 1.29 is 50.9 Å². The minimum absolute atomic E-state index is 0.00114. The first-order chi connectivity index (χ1) is 19.6. The zero-order valence-electron chi connectivity index (χ0n) is 22.2. The Bertz CT molecular complexity index is 1430. The molecule has 0 spiro atoms. The fraction of sp³-hybridized carbons (Fsp3) is 0.333. The van der Waals surface area contributed by atoms with Crippen LogP contribution in [0.2, 0.25) is 0 Å². The van der Waals surface area contributed by atoms with E-state index in [4.69, 9.17) is 9.84 Å². The largest absolute Gasteiger partial charge is 0.489 e. The molecular formula is C30H27F6NO5. The number of amides is 1. The van der Waals surface area contributed by atoms with Gasteiger partial charge < -0.3 is 19.8 Å². The molecule has 1 amide bonds. The normalized spacial score (nSPS) is 16.8. The van der Waals surface area contributed by atoms with Gasteiger partial charge >= 0.3 is 18.3 Å². The van der Waals surface area contributed by atoms with Gasteiger partial charge in [0.05, 0.1) is 18.9 Å². The van der Waals surface area contributed by atoms with Crippen molar-refractivity contribution >= 4 is 17.6 Å². The van der Waals surface area contributed by atoms with Gasteiger partial charge in [0.15, 0.2) is 0 Å². The highest BCUT2D eigenvalue weighted by Gasteiger charge is 2.71. The lowest BCUT2D eigenvalue weighted by atomic mass is 9.89. The molecule has 2 atom stereocenters. The SMILES string of the molecule is CC(C(=O)N1CC(Oc2cccc(CC(=O)O)c2)CCc2cc(C(O)(C(F)(F)F)C(F)(F)F)ccc21)c1ccccc1. The van der Waals surface area contributed by atoms with Crippen molar-refractivity contribution in [1.82, 2.24) is 0 Å². The Labute approximate surface area is 237 Å². The first-order valence-corrected chi connectivity index (χ1v) is 12.9. The Balaban J connectivity index is 1.75. The number of rotatable bonds is 7. The van der Waals surface area contributed by atoms with E-state index in [1.807, 2.05) is 0 Å². The van der Waals surface area contributed by atoms with Crippen LogP contribution in [0.15, 0.2) is 72.8 Å². The van der Waals surface area contributed by atoms with Crippen molar-refractivity contribution in [2.75, 3.05) is 11.4 Å². The Morgan fingerprint density at radius 2 is 1.62 bits per heavy atom. The second-order valence-corrected chi connectivity index (χ2v) is 10.1. The molecule has 12 heteroatoms. The molecule has 0 aliphatic carbocycles. The molecule has 4 rings (SSSR count). The van der Waals surface area contributed by atoms with Crippen LogP contribution in [0.5, 0.6) is 5.75 Å². The van der Waals surface area contributed by atoms with Crippen LogP contribution in [0.25, 0.3) is 0 Å². The summed E-state index contributed by atoms with van der Waals surface area (Å²) in [6, 6.07) is 17.1. The number of carbonyl (C=O) groups excluding carboxylic acids is 1. The molecule has 0 radical (unpaired) electrons. The summed E-state index contributed by atoms with van der Waals surface area (Å²) in [7, 11) is 0. The maximum atomic E-state index is 13.8. The van der Waals surface area contributed by atoms with Gasteiger partial charge in [-0.3, -0.25) is 9.59 Å². The van der Waals surface area contributed by atoms with E-state index < -0.39 is 47.4 Å². The molecule has 3 aromatic rings. The summed E-state index contributed by atoms with van der Waals surface area (Å²) in [6.45, 7) is 1.54. The van der Waals surface area contributed by atoms with Crippen LogP contribution in [0.4, 0.5) is 32.0 Å². The van der Waals surface area contributed by atoms with E-state index in [0.717, 1.165) is 6.07 Å². The van der Waals surface area contributed by atoms with E-state index in [2.05, 4.69) is 0 Å². The maximum absolute atomic E-state index is 13.8. The van der Waals surface area contributed by atoms with Gasteiger partial charge in [-0.2, -0.15) is 26.3 Å². The third kappa shape index (κ3) is 6.23. The van der Waals surface area contributed by atoms with Gasteiger partial charge in [-0.25, -0.2) is 0 Å². The van der Waals surface area contributed by atoms with Crippen LogP contribution in [0, 0.1) is 0 Å². The third-order valence-electron chi connectivity index (χ3n) is 7.22. The van der Waals surface area contributed by atoms with E-state index in [-0.39, 0.29) is 42.8 Å². The van der Waals surface area contributed by atoms with Gasteiger partial charge in [-0.1, -0.05) is 54.6 Å². The van der Waals surface area contributed by atoms with Crippen LogP contribution in [-0.4, -0.2) is 47.1 Å². The average molecular weight is 596 g/mol. The van der Waals surface area contributed by atoms with Gasteiger partial charge in [0.1, 0.15) is 11.9 Å². The molecule has 2 unspecified atom stereocenters. The molecule has 0 saturated heterocycles. The zero-order chi connectivity index (χ0) is 30.9. The van der Waals surface area contributed by atoms with Crippen molar-refractivity contribution in [1.29, 1.82) is 0 Å². The van der Waals surface area contributed by atoms with Crippen LogP contribution in [0.1, 0.15) is 41.5 Å². The van der Waals surface area contributed by atoms with E-state index in [0.29, 0.717) is 23.3 Å². The molecule has 224 valence electrons. The van der Waals surface area contributed by atoms with E-state index in [1.165, 1.54) is 11.0 Å². The number of carboxylic acid groups (broad SMARTS) is 1. The predicted octanol–water partition coefficient (Wildman–Crippen LogP) is 6.16. The number of benzene rings is 3. The maximum Gasteiger partial charge on any atom is 0.430 e. The Morgan fingerprint density at radius 3 is 2.24 bits per heavy atom. The number of carboxylic acids is 1. The molecular weight excluding hydrogens is 568 g/mol. The summed E-state index contributed by atoms with van der Waals surface area (Å²) >= 11 is 0. The van der Waals surface area contributed by atoms with Crippen LogP contribution >= 0.6 is 0 Å². The number of aryl methyl sites for hydroxylation is 1. The number of anilines is 1. The molecule has 42 heavy (non-hydrogen) atoms. The predicted molar refractivity (Wildman–Crippen MR) is 140 cm³/mol. The van der Waals surface area contributed by atoms with Crippen LogP contribution in [-0.2, 0) is 28.0 Å². The van der Waals surface area contributed by atoms with Gasteiger partial charge in [0.2, 0.25) is 5.91 Å². The zero-order valence-corrected chi connectivity index (χ0v) is 22.2. The summed E-state index contributed by atoms with van der Waals surface area (Å²) in [5, 5.41) is 19.1. The highest BCUT2D eigenvalue weighted by atomic mass is 19.4. The Kier molecular flexibility index (Phi) is 8.58. The summed E-state index contributed by atoms with van der Waals surface area (Å²) in [6.07, 6.45) is -13.1. The van der Waals surface area contributed by atoms with Crippen LogP contribution < -0.4 is 9.64 Å². The number of aliphatic carboxylic acids is 1. The van der Waals surface area contributed by atoms with Crippen molar-refractivity contribution in [2.45, 2.75) is 56.2 Å². The fourth-order valence-electron chi connectivity index (χ4n) is 4.99. The van der Waals surface area contributed by atoms with E-state index in [1.54, 1.807) is 55.5 Å². The highest BCUT2D eigenvalue weighted by Crippen LogP contribution is 2.51. The first-order valence-electron chi connectivity index (χ1n) is 12.9. The molecule has 0 fully saturated rings. The average Bonchev–Trinajstić information content (AvgIpc) is 3.10. The molecule has 1 heterocycles. The second kappa shape index (κ2) is 11.7. The number of aliphatic hydroxyl groups is 1. The number of hydrogen-bond donors (Lipinski definition) is 2. The lowest BCUT2D eigenvalue weighted by Gasteiger charge is -2.34. The standard InChI is InChI=1S/C30H27F6NO5/c1-18(20-7-3-2-4-8-20)27(40)37-17-24(42-23-9-5-6-19(14-23)15-26(38)39)12-10-21-16-22(11-13-25(21)37)28(41,29(31,32)33)30(34,35)36/h2-9,11,13-14,16,18,24,41H,10,12,15,17H2,1H3,(H,38,39). The number of fused-ring (bicyclic) bond motifs is 1. The van der Waals surface area contributed by atoms with Gasteiger partial charge in [0.25, 0.3) is 5.60 Å². The molecule has 1 aliphatic heterocycles. The number of hydrogen-bond acceptors (Lipinski definition) is 4. The number of alkyl halides is 6. The van der Waals surface area contributed by atoms with Gasteiger partial charge in [0, 0.05) is 11.3 Å². The van der Waals surface area contributed by atoms with Crippen LogP contribution in [0.3, 0.4) is 0 Å². The molecule has 2 N–H and O–H groups in total. The summed E-state index contributed by atoms with van der Waals surface area (Å²) in [5.74, 6) is -1.96. The molecule has 3 aromatic carbocycles. The lowest BCUT2D eigenvalue weighted by Crippen LogP contribution is -2.54. The minimum atomic E-state index is -6.06. The number of ether oxygens (including phenoxy) is 1. The van der Waals surface area contributed by atoms with Gasteiger partial charge in [-0.15, -0.1) is 0 Å². The topological polar surface area (TPSA) is 87.1 Å². The van der Waals surface area contributed by atoms with Crippen molar-refractivity contribution in [3.8, 4) is 5.75 Å².